The molecule has 4 N–H and O–H groups in total. The van der Waals surface area contributed by atoms with Crippen LogP contribution >= 0.6 is 11.6 Å². The third kappa shape index (κ3) is 3.48. The normalized spacial score (nSPS) is 11.1. The molecule has 0 bridgehead atoms. The molecule has 0 fully saturated rings. The molecule has 0 radical (unpaired) electrons. The van der Waals surface area contributed by atoms with Gasteiger partial charge in [0.25, 0.3) is 11.5 Å². The summed E-state index contributed by atoms with van der Waals surface area (Å²) in [5, 5.41) is 7.49. The van der Waals surface area contributed by atoms with Crippen LogP contribution in [-0.4, -0.2) is 19.3 Å². The number of nitrogens with two attached hydrogens (primary N) is 1. The Morgan fingerprint density at radius 1 is 1.29 bits per heavy atom. The molecule has 2 aromatic rings. The number of pyridine rings is 1. The molecule has 0 saturated carbocycles. The summed E-state index contributed by atoms with van der Waals surface area (Å²) in [4.78, 5) is 25.6. The average molecular weight is 328 g/mol. The first kappa shape index (κ1) is 15.2. The maximum absolute atomic E-state index is 12.0. The van der Waals surface area contributed by atoms with Crippen molar-refractivity contribution in [3.63, 3.8) is 0 Å². The van der Waals surface area contributed by atoms with Gasteiger partial charge < -0.3 is 10.3 Å². The van der Waals surface area contributed by atoms with E-state index < -0.39 is 21.5 Å². The van der Waals surface area contributed by atoms with Gasteiger partial charge in [0.2, 0.25) is 10.0 Å². The molecule has 0 aliphatic carbocycles. The van der Waals surface area contributed by atoms with Crippen molar-refractivity contribution in [2.75, 3.05) is 5.32 Å². The number of aromatic amines is 1. The molecular weight excluding hydrogens is 318 g/mol. The van der Waals surface area contributed by atoms with Crippen LogP contribution in [0.15, 0.2) is 46.2 Å². The lowest BCUT2D eigenvalue weighted by atomic mass is 10.2. The maximum atomic E-state index is 12.0. The van der Waals surface area contributed by atoms with Gasteiger partial charge in [-0.1, -0.05) is 11.6 Å². The summed E-state index contributed by atoms with van der Waals surface area (Å²) in [5.41, 5.74) is -0.667. The number of hydrogen-bond acceptors (Lipinski definition) is 4. The molecule has 110 valence electrons. The lowest BCUT2D eigenvalue weighted by molar-refractivity contribution is 0.102. The van der Waals surface area contributed by atoms with E-state index in [0.29, 0.717) is 0 Å². The summed E-state index contributed by atoms with van der Waals surface area (Å²) in [6.45, 7) is 0. The number of halogens is 1. The van der Waals surface area contributed by atoms with Crippen LogP contribution < -0.4 is 16.0 Å². The van der Waals surface area contributed by atoms with Gasteiger partial charge in [-0.2, -0.15) is 0 Å². The van der Waals surface area contributed by atoms with Gasteiger partial charge in [0, 0.05) is 6.20 Å². The summed E-state index contributed by atoms with van der Waals surface area (Å²) in [6, 6.07) is 6.42. The Morgan fingerprint density at radius 2 is 2.00 bits per heavy atom. The van der Waals surface area contributed by atoms with Crippen molar-refractivity contribution in [1.29, 1.82) is 0 Å². The van der Waals surface area contributed by atoms with E-state index in [9.17, 15) is 18.0 Å². The maximum Gasteiger partial charge on any atom is 0.261 e. The van der Waals surface area contributed by atoms with Crippen LogP contribution in [0.25, 0.3) is 0 Å². The quantitative estimate of drug-likeness (QED) is 0.776. The molecule has 9 heteroatoms. The van der Waals surface area contributed by atoms with E-state index in [1.165, 1.54) is 30.5 Å². The van der Waals surface area contributed by atoms with Crippen molar-refractivity contribution in [3.05, 3.63) is 57.5 Å². The second-order valence-corrected chi connectivity index (χ2v) is 6.02. The molecule has 1 aromatic heterocycles. The smallest absolute Gasteiger partial charge is 0.261 e. The molecule has 21 heavy (non-hydrogen) atoms. The molecule has 0 aliphatic heterocycles. The number of nitrogens with one attached hydrogen (secondary N) is 2. The Labute approximate surface area is 124 Å². The minimum atomic E-state index is -3.93. The molecule has 0 atom stereocenters. The minimum absolute atomic E-state index is 0.0384. The predicted octanol–water partition coefficient (Wildman–Crippen LogP) is 0.928. The fraction of sp³-hybridized carbons (Fsp3) is 0. The van der Waals surface area contributed by atoms with E-state index in [-0.39, 0.29) is 21.2 Å². The third-order valence-electron chi connectivity index (χ3n) is 2.58. The number of rotatable bonds is 3. The summed E-state index contributed by atoms with van der Waals surface area (Å²) < 4.78 is 22.5. The first-order valence-corrected chi connectivity index (χ1v) is 7.53. The van der Waals surface area contributed by atoms with Crippen LogP contribution in [0.4, 0.5) is 5.69 Å². The lowest BCUT2D eigenvalue weighted by Crippen LogP contribution is -2.22. The topological polar surface area (TPSA) is 122 Å². The Bertz CT molecular complexity index is 861. The van der Waals surface area contributed by atoms with Crippen molar-refractivity contribution >= 4 is 33.2 Å². The lowest BCUT2D eigenvalue weighted by Gasteiger charge is -2.08. The second kappa shape index (κ2) is 5.68. The number of anilines is 1. The molecular formula is C12H10ClN3O4S. The van der Waals surface area contributed by atoms with Crippen molar-refractivity contribution < 1.29 is 13.2 Å². The first-order chi connectivity index (χ1) is 9.79. The van der Waals surface area contributed by atoms with Crippen molar-refractivity contribution in [1.82, 2.24) is 4.98 Å². The molecule has 1 aromatic carbocycles. The molecule has 1 heterocycles. The fourth-order valence-electron chi connectivity index (χ4n) is 1.57. The van der Waals surface area contributed by atoms with Gasteiger partial charge in [-0.25, -0.2) is 13.6 Å². The number of sulfonamides is 1. The summed E-state index contributed by atoms with van der Waals surface area (Å²) in [6.07, 6.45) is 1.38. The number of amides is 1. The first-order valence-electron chi connectivity index (χ1n) is 5.60. The summed E-state index contributed by atoms with van der Waals surface area (Å²) in [5.74, 6) is -0.717. The van der Waals surface area contributed by atoms with E-state index in [2.05, 4.69) is 10.3 Å². The van der Waals surface area contributed by atoms with E-state index in [0.717, 1.165) is 6.07 Å². The molecule has 0 saturated heterocycles. The van der Waals surface area contributed by atoms with Crippen molar-refractivity contribution in [2.24, 2.45) is 5.14 Å². The Kier molecular flexibility index (Phi) is 4.12. The van der Waals surface area contributed by atoms with E-state index in [4.69, 9.17) is 16.7 Å². The van der Waals surface area contributed by atoms with Gasteiger partial charge in [-0.15, -0.1) is 0 Å². The largest absolute Gasteiger partial charge is 0.328 e. The van der Waals surface area contributed by atoms with Crippen LogP contribution in [0, 0.1) is 0 Å². The van der Waals surface area contributed by atoms with Crippen LogP contribution in [0.5, 0.6) is 0 Å². The third-order valence-corrected chi connectivity index (χ3v) is 3.82. The number of carbonyl (C=O) groups is 1. The van der Waals surface area contributed by atoms with E-state index in [1.807, 2.05) is 0 Å². The predicted molar refractivity (Wildman–Crippen MR) is 77.8 cm³/mol. The van der Waals surface area contributed by atoms with Crippen molar-refractivity contribution in [2.45, 2.75) is 4.90 Å². The second-order valence-electron chi connectivity index (χ2n) is 4.05. The standard InChI is InChI=1S/C12H10ClN3O4S/c13-9-4-3-7(21(14,19)20)6-10(9)16-12(18)8-2-1-5-15-11(8)17/h1-6H,(H,15,17)(H,16,18)(H2,14,19,20). The Morgan fingerprint density at radius 3 is 2.62 bits per heavy atom. The molecule has 2 rings (SSSR count). The highest BCUT2D eigenvalue weighted by Gasteiger charge is 2.15. The number of carbonyl (C=O) groups excluding carboxylic acids is 1. The zero-order chi connectivity index (χ0) is 15.6. The molecule has 0 unspecified atom stereocenters. The van der Waals surface area contributed by atoms with Gasteiger partial charge in [0.05, 0.1) is 15.6 Å². The van der Waals surface area contributed by atoms with E-state index in [1.54, 1.807) is 0 Å². The van der Waals surface area contributed by atoms with Gasteiger partial charge in [-0.05, 0) is 30.3 Å². The van der Waals surface area contributed by atoms with Gasteiger partial charge in [0.15, 0.2) is 0 Å². The number of benzene rings is 1. The minimum Gasteiger partial charge on any atom is -0.328 e. The van der Waals surface area contributed by atoms with Crippen molar-refractivity contribution in [3.8, 4) is 0 Å². The number of H-pyrrole nitrogens is 1. The number of hydrogen-bond donors (Lipinski definition) is 3. The molecule has 1 amide bonds. The molecule has 0 spiro atoms. The van der Waals surface area contributed by atoms with Gasteiger partial charge in [0.1, 0.15) is 5.56 Å². The number of aromatic nitrogens is 1. The van der Waals surface area contributed by atoms with Gasteiger partial charge >= 0.3 is 0 Å². The summed E-state index contributed by atoms with van der Waals surface area (Å²) in [7, 11) is -3.93. The average Bonchev–Trinajstić information content (AvgIpc) is 2.40. The highest BCUT2D eigenvalue weighted by Crippen LogP contribution is 2.25. The van der Waals surface area contributed by atoms with Crippen LogP contribution in [0.2, 0.25) is 5.02 Å². The monoisotopic (exact) mass is 327 g/mol. The number of primary sulfonamides is 1. The van der Waals surface area contributed by atoms with E-state index >= 15 is 0 Å². The molecule has 0 aliphatic rings. The van der Waals surface area contributed by atoms with Crippen LogP contribution in [0.1, 0.15) is 10.4 Å². The zero-order valence-electron chi connectivity index (χ0n) is 10.5. The SMILES string of the molecule is NS(=O)(=O)c1ccc(Cl)c(NC(=O)c2ccc[nH]c2=O)c1. The van der Waals surface area contributed by atoms with Crippen LogP contribution in [-0.2, 0) is 10.0 Å². The fourth-order valence-corrected chi connectivity index (χ4v) is 2.27. The summed E-state index contributed by atoms with van der Waals surface area (Å²) >= 11 is 5.88. The highest BCUT2D eigenvalue weighted by atomic mass is 35.5. The molecule has 7 nitrogen and oxygen atoms in total. The van der Waals surface area contributed by atoms with Gasteiger partial charge in [-0.3, -0.25) is 9.59 Å². The zero-order valence-corrected chi connectivity index (χ0v) is 12.0. The Balaban J connectivity index is 2.38. The highest BCUT2D eigenvalue weighted by molar-refractivity contribution is 7.89. The van der Waals surface area contributed by atoms with Crippen LogP contribution in [0.3, 0.4) is 0 Å². The Hall–Kier alpha value is -2.16.